The molecule has 0 spiro atoms. The van der Waals surface area contributed by atoms with Crippen LogP contribution in [0.25, 0.3) is 0 Å². The van der Waals surface area contributed by atoms with E-state index in [0.29, 0.717) is 12.1 Å². The van der Waals surface area contributed by atoms with Gasteiger partial charge in [-0.3, -0.25) is 9.78 Å². The second-order valence-electron chi connectivity index (χ2n) is 3.97. The van der Waals surface area contributed by atoms with Crippen LogP contribution in [0, 0.1) is 0 Å². The summed E-state index contributed by atoms with van der Waals surface area (Å²) in [5.74, 6) is -0.990. The topological polar surface area (TPSA) is 70.4 Å². The maximum atomic E-state index is 10.7. The van der Waals surface area contributed by atoms with Gasteiger partial charge in [0.15, 0.2) is 0 Å². The molecule has 0 saturated carbocycles. The number of aryl methyl sites for hydroxylation is 1. The molecule has 0 aliphatic heterocycles. The largest absolute Gasteiger partial charge is 0.481 e. The number of carboxylic acid groups (broad SMARTS) is 1. The van der Waals surface area contributed by atoms with E-state index in [0.717, 1.165) is 18.4 Å². The van der Waals surface area contributed by atoms with Gasteiger partial charge in [0.2, 0.25) is 0 Å². The third kappa shape index (κ3) is 1.85. The molecular weight excluding hydrogens is 194 g/mol. The summed E-state index contributed by atoms with van der Waals surface area (Å²) in [6.07, 6.45) is 3.48. The van der Waals surface area contributed by atoms with Crippen molar-refractivity contribution in [3.05, 3.63) is 29.6 Å². The molecule has 4 heteroatoms. The third-order valence-electron chi connectivity index (χ3n) is 2.81. The molecule has 0 saturated heterocycles. The van der Waals surface area contributed by atoms with E-state index in [2.05, 4.69) is 4.98 Å². The molecule has 1 aromatic rings. The Morgan fingerprint density at radius 3 is 3.13 bits per heavy atom. The molecule has 2 rings (SSSR count). The second kappa shape index (κ2) is 3.62. The van der Waals surface area contributed by atoms with Crippen LogP contribution in [0.1, 0.15) is 30.5 Å². The summed E-state index contributed by atoms with van der Waals surface area (Å²) >= 11 is 0. The quantitative estimate of drug-likeness (QED) is 0.761. The predicted molar refractivity (Wildman–Crippen MR) is 53.3 cm³/mol. The van der Waals surface area contributed by atoms with Crippen molar-refractivity contribution >= 4 is 5.97 Å². The lowest BCUT2D eigenvalue weighted by atomic mass is 9.80. The standard InChI is InChI=1S/C11H13NO3/c13-9(14)7-11(15)5-1-3-8-4-2-6-12-10(8)11/h2,4,6,15H,1,3,5,7H2,(H,13,14). The van der Waals surface area contributed by atoms with Crippen LogP contribution in [-0.4, -0.2) is 21.2 Å². The minimum atomic E-state index is -1.28. The lowest BCUT2D eigenvalue weighted by molar-refractivity contribution is -0.143. The Bertz CT molecular complexity index is 391. The highest BCUT2D eigenvalue weighted by Crippen LogP contribution is 2.36. The molecule has 1 aromatic heterocycles. The average Bonchev–Trinajstić information content (AvgIpc) is 2.17. The van der Waals surface area contributed by atoms with Gasteiger partial charge < -0.3 is 10.2 Å². The summed E-state index contributed by atoms with van der Waals surface area (Å²) in [7, 11) is 0. The van der Waals surface area contributed by atoms with Gasteiger partial charge in [-0.05, 0) is 30.9 Å². The zero-order valence-corrected chi connectivity index (χ0v) is 8.31. The highest BCUT2D eigenvalue weighted by Gasteiger charge is 2.37. The number of hydrogen-bond donors (Lipinski definition) is 2. The summed E-state index contributed by atoms with van der Waals surface area (Å²) in [4.78, 5) is 14.8. The van der Waals surface area contributed by atoms with Crippen molar-refractivity contribution < 1.29 is 15.0 Å². The van der Waals surface area contributed by atoms with E-state index < -0.39 is 11.6 Å². The van der Waals surface area contributed by atoms with Gasteiger partial charge in [0.25, 0.3) is 0 Å². The molecule has 0 amide bonds. The van der Waals surface area contributed by atoms with Crippen molar-refractivity contribution in [2.24, 2.45) is 0 Å². The Balaban J connectivity index is 2.40. The molecule has 1 heterocycles. The number of nitrogens with zero attached hydrogens (tertiary/aromatic N) is 1. The number of carbonyl (C=O) groups is 1. The molecule has 0 radical (unpaired) electrons. The predicted octanol–water partition coefficient (Wildman–Crippen LogP) is 1.08. The first-order valence-corrected chi connectivity index (χ1v) is 5.00. The van der Waals surface area contributed by atoms with E-state index >= 15 is 0 Å². The highest BCUT2D eigenvalue weighted by molar-refractivity contribution is 5.68. The van der Waals surface area contributed by atoms with Gasteiger partial charge in [-0.25, -0.2) is 0 Å². The van der Waals surface area contributed by atoms with Crippen LogP contribution in [0.5, 0.6) is 0 Å². The molecule has 0 aromatic carbocycles. The van der Waals surface area contributed by atoms with Gasteiger partial charge in [-0.2, -0.15) is 0 Å². The van der Waals surface area contributed by atoms with E-state index in [9.17, 15) is 9.90 Å². The number of fused-ring (bicyclic) bond motifs is 1. The zero-order valence-electron chi connectivity index (χ0n) is 8.31. The van der Waals surface area contributed by atoms with Crippen molar-refractivity contribution in [1.82, 2.24) is 4.98 Å². The van der Waals surface area contributed by atoms with Crippen molar-refractivity contribution in [3.8, 4) is 0 Å². The molecule has 0 fully saturated rings. The van der Waals surface area contributed by atoms with Crippen molar-refractivity contribution in [1.29, 1.82) is 0 Å². The number of hydrogen-bond acceptors (Lipinski definition) is 3. The number of rotatable bonds is 2. The number of aromatic nitrogens is 1. The van der Waals surface area contributed by atoms with Gasteiger partial charge in [0, 0.05) is 6.20 Å². The molecule has 1 aliphatic carbocycles. The average molecular weight is 207 g/mol. The fourth-order valence-corrected chi connectivity index (χ4v) is 2.17. The summed E-state index contributed by atoms with van der Waals surface area (Å²) in [5.41, 5.74) is 0.229. The van der Waals surface area contributed by atoms with Crippen molar-refractivity contribution in [2.45, 2.75) is 31.3 Å². The number of carboxylic acids is 1. The van der Waals surface area contributed by atoms with Gasteiger partial charge in [0.1, 0.15) is 5.60 Å². The number of pyridine rings is 1. The summed E-state index contributed by atoms with van der Waals surface area (Å²) in [6, 6.07) is 3.71. The fourth-order valence-electron chi connectivity index (χ4n) is 2.17. The molecule has 80 valence electrons. The van der Waals surface area contributed by atoms with Crippen molar-refractivity contribution in [2.75, 3.05) is 0 Å². The van der Waals surface area contributed by atoms with Gasteiger partial charge >= 0.3 is 5.97 Å². The van der Waals surface area contributed by atoms with Crippen LogP contribution in [0.4, 0.5) is 0 Å². The second-order valence-corrected chi connectivity index (χ2v) is 3.97. The maximum Gasteiger partial charge on any atom is 0.306 e. The number of aliphatic hydroxyl groups is 1. The molecule has 1 atom stereocenters. The minimum absolute atomic E-state index is 0.267. The smallest absolute Gasteiger partial charge is 0.306 e. The SMILES string of the molecule is O=C(O)CC1(O)CCCc2cccnc21. The summed E-state index contributed by atoms with van der Waals surface area (Å²) in [6.45, 7) is 0. The molecule has 1 aliphatic rings. The molecule has 4 nitrogen and oxygen atoms in total. The summed E-state index contributed by atoms with van der Waals surface area (Å²) < 4.78 is 0. The van der Waals surface area contributed by atoms with Gasteiger partial charge in [-0.1, -0.05) is 6.07 Å². The van der Waals surface area contributed by atoms with E-state index in [1.54, 1.807) is 6.20 Å². The van der Waals surface area contributed by atoms with E-state index in [4.69, 9.17) is 5.11 Å². The van der Waals surface area contributed by atoms with Crippen LogP contribution in [-0.2, 0) is 16.8 Å². The van der Waals surface area contributed by atoms with Crippen LogP contribution in [0.2, 0.25) is 0 Å². The summed E-state index contributed by atoms with van der Waals surface area (Å²) in [5, 5.41) is 19.0. The molecular formula is C11H13NO3. The van der Waals surface area contributed by atoms with E-state index in [1.807, 2.05) is 12.1 Å². The van der Waals surface area contributed by atoms with E-state index in [1.165, 1.54) is 0 Å². The Kier molecular flexibility index (Phi) is 2.44. The lowest BCUT2D eigenvalue weighted by Gasteiger charge is -2.31. The monoisotopic (exact) mass is 207 g/mol. The molecule has 1 unspecified atom stereocenters. The Labute approximate surface area is 87.6 Å². The first-order chi connectivity index (χ1) is 7.12. The lowest BCUT2D eigenvalue weighted by Crippen LogP contribution is -2.34. The molecule has 0 bridgehead atoms. The van der Waals surface area contributed by atoms with Crippen LogP contribution in [0.3, 0.4) is 0 Å². The molecule has 15 heavy (non-hydrogen) atoms. The Hall–Kier alpha value is -1.42. The van der Waals surface area contributed by atoms with Crippen LogP contribution < -0.4 is 0 Å². The zero-order chi connectivity index (χ0) is 10.9. The Morgan fingerprint density at radius 1 is 1.60 bits per heavy atom. The number of aliphatic carboxylic acids is 1. The van der Waals surface area contributed by atoms with Gasteiger partial charge in [-0.15, -0.1) is 0 Å². The van der Waals surface area contributed by atoms with Crippen LogP contribution >= 0.6 is 0 Å². The van der Waals surface area contributed by atoms with Crippen molar-refractivity contribution in [3.63, 3.8) is 0 Å². The Morgan fingerprint density at radius 2 is 2.40 bits per heavy atom. The maximum absolute atomic E-state index is 10.7. The first kappa shape index (κ1) is 10.1. The normalized spacial score (nSPS) is 24.6. The van der Waals surface area contributed by atoms with Crippen LogP contribution in [0.15, 0.2) is 18.3 Å². The first-order valence-electron chi connectivity index (χ1n) is 5.00. The fraction of sp³-hybridized carbons (Fsp3) is 0.455. The molecule has 2 N–H and O–H groups in total. The minimum Gasteiger partial charge on any atom is -0.481 e. The highest BCUT2D eigenvalue weighted by atomic mass is 16.4. The van der Waals surface area contributed by atoms with Gasteiger partial charge in [0.05, 0.1) is 12.1 Å². The third-order valence-corrected chi connectivity index (χ3v) is 2.81. The van der Waals surface area contributed by atoms with E-state index in [-0.39, 0.29) is 6.42 Å².